The molecular weight excluding hydrogens is 432 g/mol. The predicted octanol–water partition coefficient (Wildman–Crippen LogP) is 4.24. The summed E-state index contributed by atoms with van der Waals surface area (Å²) in [7, 11) is 3.17. The Balaban J connectivity index is 1.64. The molecule has 0 unspecified atom stereocenters. The number of fused-ring (bicyclic) bond motifs is 2. The van der Waals surface area contributed by atoms with E-state index in [-0.39, 0.29) is 11.2 Å². The van der Waals surface area contributed by atoms with Crippen molar-refractivity contribution in [3.63, 3.8) is 0 Å². The van der Waals surface area contributed by atoms with Gasteiger partial charge in [0.1, 0.15) is 0 Å². The molecule has 7 heteroatoms. The molecule has 0 spiro atoms. The number of hydrogen-bond acceptors (Lipinski definition) is 4. The lowest BCUT2D eigenvalue weighted by atomic mass is 10.1. The van der Waals surface area contributed by atoms with Gasteiger partial charge < -0.3 is 4.57 Å². The lowest BCUT2D eigenvalue weighted by molar-refractivity contribution is 0.696. The van der Waals surface area contributed by atoms with Crippen LogP contribution in [0.25, 0.3) is 21.9 Å². The Kier molecular flexibility index (Phi) is 5.42. The second-order valence-electron chi connectivity index (χ2n) is 8.27. The van der Waals surface area contributed by atoms with E-state index in [1.54, 1.807) is 18.8 Å². The molecular formula is C26H24N4O2S. The molecule has 2 heterocycles. The van der Waals surface area contributed by atoms with Gasteiger partial charge in [-0.3, -0.25) is 13.9 Å². The molecule has 0 amide bonds. The summed E-state index contributed by atoms with van der Waals surface area (Å²) in [6.07, 6.45) is 0. The first-order valence-electron chi connectivity index (χ1n) is 10.8. The van der Waals surface area contributed by atoms with Gasteiger partial charge >= 0.3 is 5.69 Å². The zero-order valence-corrected chi connectivity index (χ0v) is 19.6. The lowest BCUT2D eigenvalue weighted by Crippen LogP contribution is -2.37. The van der Waals surface area contributed by atoms with E-state index in [2.05, 4.69) is 49.4 Å². The monoisotopic (exact) mass is 456 g/mol. The van der Waals surface area contributed by atoms with Crippen LogP contribution in [0.4, 0.5) is 0 Å². The second-order valence-corrected chi connectivity index (χ2v) is 9.22. The summed E-state index contributed by atoms with van der Waals surface area (Å²) in [5, 5.41) is 3.12. The molecule has 0 fully saturated rings. The summed E-state index contributed by atoms with van der Waals surface area (Å²) in [5.41, 5.74) is 3.59. The molecule has 0 aliphatic rings. The topological polar surface area (TPSA) is 61.8 Å². The van der Waals surface area contributed by atoms with Crippen molar-refractivity contribution in [3.8, 4) is 0 Å². The van der Waals surface area contributed by atoms with Crippen LogP contribution in [0.15, 0.2) is 81.5 Å². The first-order valence-corrected chi connectivity index (χ1v) is 11.7. The number of nitrogens with zero attached hydrogens (tertiary/aromatic N) is 4. The molecule has 0 N–H and O–H groups in total. The van der Waals surface area contributed by atoms with Crippen molar-refractivity contribution in [3.05, 3.63) is 104 Å². The maximum Gasteiger partial charge on any atom is 0.332 e. The van der Waals surface area contributed by atoms with Crippen molar-refractivity contribution < 1.29 is 0 Å². The van der Waals surface area contributed by atoms with E-state index < -0.39 is 0 Å². The third-order valence-electron chi connectivity index (χ3n) is 5.97. The largest absolute Gasteiger partial charge is 0.332 e. The molecule has 0 atom stereocenters. The van der Waals surface area contributed by atoms with E-state index in [0.29, 0.717) is 23.5 Å². The van der Waals surface area contributed by atoms with E-state index >= 15 is 0 Å². The molecule has 6 nitrogen and oxygen atoms in total. The van der Waals surface area contributed by atoms with Crippen LogP contribution in [-0.4, -0.2) is 18.7 Å². The molecule has 0 aliphatic carbocycles. The summed E-state index contributed by atoms with van der Waals surface area (Å²) in [5.74, 6) is 0.701. The lowest BCUT2D eigenvalue weighted by Gasteiger charge is -2.11. The van der Waals surface area contributed by atoms with Crippen LogP contribution in [-0.2, 0) is 26.4 Å². The Morgan fingerprint density at radius 2 is 1.67 bits per heavy atom. The zero-order valence-electron chi connectivity index (χ0n) is 18.8. The second kappa shape index (κ2) is 8.41. The minimum Gasteiger partial charge on any atom is -0.309 e. The first kappa shape index (κ1) is 21.3. The van der Waals surface area contributed by atoms with Gasteiger partial charge in [0, 0.05) is 19.8 Å². The molecule has 0 aliphatic heterocycles. The van der Waals surface area contributed by atoms with Gasteiger partial charge in [0.2, 0.25) is 0 Å². The summed E-state index contributed by atoms with van der Waals surface area (Å²) in [6, 6.07) is 22.8. The summed E-state index contributed by atoms with van der Waals surface area (Å²) < 4.78 is 4.54. The number of benzene rings is 3. The van der Waals surface area contributed by atoms with Gasteiger partial charge in [-0.1, -0.05) is 84.1 Å². The van der Waals surface area contributed by atoms with Crippen molar-refractivity contribution in [2.45, 2.75) is 24.4 Å². The minimum atomic E-state index is -0.377. The molecule has 5 rings (SSSR count). The third-order valence-corrected chi connectivity index (χ3v) is 7.00. The molecule has 0 saturated carbocycles. The van der Waals surface area contributed by atoms with Gasteiger partial charge in [-0.25, -0.2) is 9.78 Å². The van der Waals surface area contributed by atoms with Crippen LogP contribution in [0.1, 0.15) is 16.7 Å². The molecule has 2 aromatic heterocycles. The highest BCUT2D eigenvalue weighted by Crippen LogP contribution is 2.29. The Hall–Kier alpha value is -3.58. The highest BCUT2D eigenvalue weighted by Gasteiger charge is 2.20. The van der Waals surface area contributed by atoms with Crippen LogP contribution in [0.3, 0.4) is 0 Å². The van der Waals surface area contributed by atoms with E-state index in [4.69, 9.17) is 4.98 Å². The van der Waals surface area contributed by atoms with Gasteiger partial charge in [-0.2, -0.15) is 0 Å². The molecule has 0 saturated heterocycles. The quantitative estimate of drug-likeness (QED) is 0.371. The highest BCUT2D eigenvalue weighted by molar-refractivity contribution is 7.98. The number of rotatable bonds is 5. The SMILES string of the molecule is Cc1cccc(Cn2c(SCc3cccc4ccccc34)nc3c2c(=O)n(C)c(=O)n3C)c1. The summed E-state index contributed by atoms with van der Waals surface area (Å²) >= 11 is 1.58. The Morgan fingerprint density at radius 3 is 2.48 bits per heavy atom. The molecule has 3 aromatic carbocycles. The highest BCUT2D eigenvalue weighted by atomic mass is 32.2. The number of hydrogen-bond donors (Lipinski definition) is 0. The fourth-order valence-electron chi connectivity index (χ4n) is 4.24. The van der Waals surface area contributed by atoms with Crippen molar-refractivity contribution in [2.24, 2.45) is 14.1 Å². The number of imidazole rings is 1. The predicted molar refractivity (Wildman–Crippen MR) is 134 cm³/mol. The van der Waals surface area contributed by atoms with E-state index in [1.807, 2.05) is 28.8 Å². The molecule has 166 valence electrons. The molecule has 0 radical (unpaired) electrons. The number of thioether (sulfide) groups is 1. The van der Waals surface area contributed by atoms with Crippen molar-refractivity contribution in [1.82, 2.24) is 18.7 Å². The van der Waals surface area contributed by atoms with Gasteiger partial charge in [-0.05, 0) is 28.8 Å². The van der Waals surface area contributed by atoms with Crippen molar-refractivity contribution in [2.75, 3.05) is 0 Å². The number of aryl methyl sites for hydroxylation is 2. The van der Waals surface area contributed by atoms with Gasteiger partial charge in [0.05, 0.1) is 6.54 Å². The standard InChI is InChI=1S/C26H24N4O2S/c1-17-8-6-9-18(14-17)15-30-22-23(28(2)26(32)29(3)24(22)31)27-25(30)33-16-20-12-7-11-19-10-4-5-13-21(19)20/h4-14H,15-16H2,1-3H3. The molecule has 0 bridgehead atoms. The van der Waals surface area contributed by atoms with E-state index in [1.165, 1.54) is 28.0 Å². The Labute approximate surface area is 195 Å². The van der Waals surface area contributed by atoms with Crippen LogP contribution in [0.2, 0.25) is 0 Å². The van der Waals surface area contributed by atoms with Crippen molar-refractivity contribution in [1.29, 1.82) is 0 Å². The minimum absolute atomic E-state index is 0.328. The van der Waals surface area contributed by atoms with Gasteiger partial charge in [0.15, 0.2) is 16.3 Å². The smallest absolute Gasteiger partial charge is 0.309 e. The van der Waals surface area contributed by atoms with Gasteiger partial charge in [0.25, 0.3) is 5.56 Å². The summed E-state index contributed by atoms with van der Waals surface area (Å²) in [6.45, 7) is 2.55. The van der Waals surface area contributed by atoms with Crippen molar-refractivity contribution >= 4 is 33.7 Å². The average Bonchev–Trinajstić information content (AvgIpc) is 3.18. The molecule has 5 aromatic rings. The average molecular weight is 457 g/mol. The Bertz CT molecular complexity index is 1620. The van der Waals surface area contributed by atoms with Crippen LogP contribution < -0.4 is 11.2 Å². The van der Waals surface area contributed by atoms with Crippen LogP contribution in [0, 0.1) is 6.92 Å². The summed E-state index contributed by atoms with van der Waals surface area (Å²) in [4.78, 5) is 30.4. The number of aromatic nitrogens is 4. The Morgan fingerprint density at radius 1 is 0.909 bits per heavy atom. The third kappa shape index (κ3) is 3.78. The fourth-order valence-corrected chi connectivity index (χ4v) is 5.24. The maximum atomic E-state index is 13.1. The first-order chi connectivity index (χ1) is 15.9. The van der Waals surface area contributed by atoms with Crippen LogP contribution >= 0.6 is 11.8 Å². The van der Waals surface area contributed by atoms with Gasteiger partial charge in [-0.15, -0.1) is 0 Å². The van der Waals surface area contributed by atoms with E-state index in [0.717, 1.165) is 20.9 Å². The van der Waals surface area contributed by atoms with E-state index in [9.17, 15) is 9.59 Å². The fraction of sp³-hybridized carbons (Fsp3) is 0.192. The normalized spacial score (nSPS) is 11.5. The maximum absolute atomic E-state index is 13.1. The molecule has 33 heavy (non-hydrogen) atoms. The zero-order chi connectivity index (χ0) is 23.1. The van der Waals surface area contributed by atoms with Crippen LogP contribution in [0.5, 0.6) is 0 Å².